The Bertz CT molecular complexity index is 308. The van der Waals surface area contributed by atoms with Crippen molar-refractivity contribution in [2.45, 2.75) is 12.5 Å². The maximum Gasteiger partial charge on any atom is 0.233 e. The van der Waals surface area contributed by atoms with Crippen molar-refractivity contribution in [2.75, 3.05) is 13.1 Å². The van der Waals surface area contributed by atoms with Gasteiger partial charge in [-0.25, -0.2) is 0 Å². The minimum atomic E-state index is 0. The van der Waals surface area contributed by atoms with E-state index >= 15 is 0 Å². The molecule has 1 aliphatic carbocycles. The van der Waals surface area contributed by atoms with Gasteiger partial charge in [-0.1, -0.05) is 0 Å². The van der Waals surface area contributed by atoms with Gasteiger partial charge in [0, 0.05) is 37.2 Å². The highest BCUT2D eigenvalue weighted by Gasteiger charge is 2.45. The van der Waals surface area contributed by atoms with Crippen LogP contribution in [0.25, 0.3) is 0 Å². The molecule has 1 saturated heterocycles. The van der Waals surface area contributed by atoms with Crippen molar-refractivity contribution < 1.29 is 4.74 Å². The maximum atomic E-state index is 5.80. The second kappa shape index (κ2) is 4.33. The van der Waals surface area contributed by atoms with E-state index < -0.39 is 0 Å². The summed E-state index contributed by atoms with van der Waals surface area (Å²) in [5, 5.41) is 11.1. The number of hydrogen-bond acceptors (Lipinski definition) is 4. The third-order valence-corrected chi connectivity index (χ3v) is 3.15. The van der Waals surface area contributed by atoms with Crippen molar-refractivity contribution in [3.63, 3.8) is 0 Å². The molecule has 2 aliphatic rings. The molecule has 1 aliphatic heterocycles. The molecule has 82 valence electrons. The molecule has 0 amide bonds. The van der Waals surface area contributed by atoms with Crippen LogP contribution in [0.3, 0.4) is 0 Å². The van der Waals surface area contributed by atoms with Crippen LogP contribution in [0.4, 0.5) is 0 Å². The topological polar surface area (TPSA) is 47.0 Å². The van der Waals surface area contributed by atoms with Crippen LogP contribution in [-0.2, 0) is 0 Å². The monoisotopic (exact) mass is 227 g/mol. The fourth-order valence-electron chi connectivity index (χ4n) is 2.38. The number of nitrogens with one attached hydrogen (secondary N) is 1. The molecule has 2 heterocycles. The van der Waals surface area contributed by atoms with Crippen molar-refractivity contribution >= 4 is 12.4 Å². The first-order valence-corrected chi connectivity index (χ1v) is 5.08. The first kappa shape index (κ1) is 10.6. The van der Waals surface area contributed by atoms with Gasteiger partial charge in [0.1, 0.15) is 6.10 Å². The van der Waals surface area contributed by atoms with E-state index in [4.69, 9.17) is 4.74 Å². The summed E-state index contributed by atoms with van der Waals surface area (Å²) in [6.07, 6.45) is 3.33. The highest BCUT2D eigenvalue weighted by atomic mass is 35.5. The number of halogens is 1. The number of piperidine rings is 2. The molecular weight excluding hydrogens is 214 g/mol. The summed E-state index contributed by atoms with van der Waals surface area (Å²) in [6.45, 7) is 2.17. The minimum absolute atomic E-state index is 0. The van der Waals surface area contributed by atoms with Gasteiger partial charge in [-0.15, -0.1) is 17.5 Å². The third kappa shape index (κ3) is 1.92. The van der Waals surface area contributed by atoms with Gasteiger partial charge in [0.25, 0.3) is 0 Å². The third-order valence-electron chi connectivity index (χ3n) is 3.15. The first-order chi connectivity index (χ1) is 6.93. The molecule has 4 nitrogen and oxygen atoms in total. The SMILES string of the molecule is Cl.c1cnnc(OC2[C@@H]3CNC[C@H]2C3)c1. The van der Waals surface area contributed by atoms with Crippen molar-refractivity contribution in [1.82, 2.24) is 15.5 Å². The predicted molar refractivity (Wildman–Crippen MR) is 58.2 cm³/mol. The van der Waals surface area contributed by atoms with Crippen LogP contribution in [0.2, 0.25) is 0 Å². The summed E-state index contributed by atoms with van der Waals surface area (Å²) in [5.41, 5.74) is 0. The lowest BCUT2D eigenvalue weighted by Gasteiger charge is -2.48. The lowest BCUT2D eigenvalue weighted by molar-refractivity contribution is -0.0474. The fraction of sp³-hybridized carbons (Fsp3) is 0.600. The van der Waals surface area contributed by atoms with Crippen LogP contribution in [0.15, 0.2) is 18.3 Å². The Morgan fingerprint density at radius 1 is 1.33 bits per heavy atom. The number of rotatable bonds is 2. The van der Waals surface area contributed by atoms with Gasteiger partial charge >= 0.3 is 0 Å². The quantitative estimate of drug-likeness (QED) is 0.815. The molecule has 0 spiro atoms. The molecule has 2 bridgehead atoms. The summed E-state index contributed by atoms with van der Waals surface area (Å²) >= 11 is 0. The maximum absolute atomic E-state index is 5.80. The molecule has 5 heteroatoms. The summed E-state index contributed by atoms with van der Waals surface area (Å²) in [4.78, 5) is 0. The molecule has 1 unspecified atom stereocenters. The Labute approximate surface area is 94.8 Å². The lowest BCUT2D eigenvalue weighted by atomic mass is 9.69. The van der Waals surface area contributed by atoms with E-state index in [1.54, 1.807) is 6.20 Å². The van der Waals surface area contributed by atoms with Crippen LogP contribution < -0.4 is 10.1 Å². The molecule has 1 aromatic heterocycles. The standard InChI is InChI=1S/C10H13N3O.ClH/c1-2-9(13-12-3-1)14-10-7-4-8(10)6-11-5-7;/h1-3,7-8,10-11H,4-6H2;1H/t7-,8+,10?;. The Hall–Kier alpha value is -0.870. The molecule has 15 heavy (non-hydrogen) atoms. The van der Waals surface area contributed by atoms with Crippen molar-refractivity contribution in [2.24, 2.45) is 11.8 Å². The zero-order valence-electron chi connectivity index (χ0n) is 8.30. The zero-order chi connectivity index (χ0) is 9.38. The number of hydrogen-bond donors (Lipinski definition) is 1. The average molecular weight is 228 g/mol. The number of nitrogens with zero attached hydrogens (tertiary/aromatic N) is 2. The van der Waals surface area contributed by atoms with Crippen LogP contribution in [0.5, 0.6) is 5.88 Å². The number of fused-ring (bicyclic) bond motifs is 2. The van der Waals surface area contributed by atoms with Crippen LogP contribution in [-0.4, -0.2) is 29.4 Å². The summed E-state index contributed by atoms with van der Waals surface area (Å²) in [6, 6.07) is 3.73. The molecule has 1 saturated carbocycles. The van der Waals surface area contributed by atoms with Gasteiger partial charge in [-0.3, -0.25) is 0 Å². The Morgan fingerprint density at radius 3 is 2.73 bits per heavy atom. The second-order valence-corrected chi connectivity index (χ2v) is 4.06. The fourth-order valence-corrected chi connectivity index (χ4v) is 2.38. The molecule has 2 fully saturated rings. The molecular formula is C10H14ClN3O. The molecule has 0 radical (unpaired) electrons. The lowest BCUT2D eigenvalue weighted by Crippen LogP contribution is -2.59. The smallest absolute Gasteiger partial charge is 0.233 e. The van der Waals surface area contributed by atoms with E-state index in [1.165, 1.54) is 6.42 Å². The van der Waals surface area contributed by atoms with E-state index in [0.29, 0.717) is 23.8 Å². The molecule has 1 aromatic rings. The van der Waals surface area contributed by atoms with Crippen LogP contribution in [0, 0.1) is 11.8 Å². The molecule has 3 atom stereocenters. The van der Waals surface area contributed by atoms with Gasteiger partial charge in [-0.05, 0) is 12.5 Å². The Kier molecular flexibility index (Phi) is 3.07. The van der Waals surface area contributed by atoms with E-state index in [1.807, 2.05) is 12.1 Å². The molecule has 0 aromatic carbocycles. The Morgan fingerprint density at radius 2 is 2.13 bits per heavy atom. The van der Waals surface area contributed by atoms with Gasteiger partial charge < -0.3 is 10.1 Å². The second-order valence-electron chi connectivity index (χ2n) is 4.06. The van der Waals surface area contributed by atoms with Gasteiger partial charge in [0.2, 0.25) is 5.88 Å². The zero-order valence-corrected chi connectivity index (χ0v) is 9.11. The summed E-state index contributed by atoms with van der Waals surface area (Å²) in [5.74, 6) is 2.01. The highest BCUT2D eigenvalue weighted by Crippen LogP contribution is 2.38. The van der Waals surface area contributed by atoms with E-state index in [2.05, 4.69) is 15.5 Å². The van der Waals surface area contributed by atoms with E-state index in [9.17, 15) is 0 Å². The van der Waals surface area contributed by atoms with Crippen molar-refractivity contribution in [3.05, 3.63) is 18.3 Å². The van der Waals surface area contributed by atoms with Gasteiger partial charge in [0.05, 0.1) is 0 Å². The first-order valence-electron chi connectivity index (χ1n) is 5.08. The number of ether oxygens (including phenoxy) is 1. The summed E-state index contributed by atoms with van der Waals surface area (Å²) in [7, 11) is 0. The van der Waals surface area contributed by atoms with Crippen molar-refractivity contribution in [1.29, 1.82) is 0 Å². The van der Waals surface area contributed by atoms with E-state index in [-0.39, 0.29) is 12.4 Å². The normalized spacial score (nSPS) is 32.4. The predicted octanol–water partition coefficient (Wildman–Crippen LogP) is 0.885. The van der Waals surface area contributed by atoms with Gasteiger partial charge in [-0.2, -0.15) is 5.10 Å². The molecule has 3 rings (SSSR count). The van der Waals surface area contributed by atoms with E-state index in [0.717, 1.165) is 13.1 Å². The largest absolute Gasteiger partial charge is 0.473 e. The van der Waals surface area contributed by atoms with Crippen LogP contribution >= 0.6 is 12.4 Å². The number of aromatic nitrogens is 2. The van der Waals surface area contributed by atoms with Crippen LogP contribution in [0.1, 0.15) is 6.42 Å². The molecule has 1 N–H and O–H groups in total. The average Bonchev–Trinajstić information content (AvgIpc) is 2.28. The Balaban J connectivity index is 0.000000853. The highest BCUT2D eigenvalue weighted by molar-refractivity contribution is 5.85. The minimum Gasteiger partial charge on any atom is -0.473 e. The van der Waals surface area contributed by atoms with Gasteiger partial charge in [0.15, 0.2) is 0 Å². The van der Waals surface area contributed by atoms with Crippen molar-refractivity contribution in [3.8, 4) is 5.88 Å². The summed E-state index contributed by atoms with van der Waals surface area (Å²) < 4.78 is 5.80.